The molecule has 35 heavy (non-hydrogen) atoms. The van der Waals surface area contributed by atoms with E-state index in [1.807, 2.05) is 40.4 Å². The molecule has 1 aliphatic rings. The van der Waals surface area contributed by atoms with E-state index in [9.17, 15) is 19.8 Å². The summed E-state index contributed by atoms with van der Waals surface area (Å²) >= 11 is 0. The molecular weight excluding hydrogens is 446 g/mol. The Morgan fingerprint density at radius 1 is 1.09 bits per heavy atom. The molecule has 0 bridgehead atoms. The number of carbonyl (C=O) groups excluding carboxylic acids is 2. The highest BCUT2D eigenvalue weighted by molar-refractivity contribution is 6.46. The van der Waals surface area contributed by atoms with Gasteiger partial charge in [0.1, 0.15) is 17.1 Å². The van der Waals surface area contributed by atoms with Gasteiger partial charge in [0.2, 0.25) is 0 Å². The molecule has 178 valence electrons. The summed E-state index contributed by atoms with van der Waals surface area (Å²) in [5.74, 6) is -1.78. The number of aromatic nitrogens is 4. The molecule has 0 radical (unpaired) electrons. The van der Waals surface area contributed by atoms with E-state index in [0.29, 0.717) is 29.9 Å². The summed E-state index contributed by atoms with van der Waals surface area (Å²) in [4.78, 5) is 36.5. The lowest BCUT2D eigenvalue weighted by atomic mass is 9.96. The van der Waals surface area contributed by atoms with Crippen LogP contribution in [0.5, 0.6) is 5.75 Å². The number of phenolic OH excluding ortho intramolecular Hbond substituents is 1. The molecule has 9 heteroatoms. The van der Waals surface area contributed by atoms with Crippen molar-refractivity contribution in [3.63, 3.8) is 0 Å². The molecule has 2 N–H and O–H groups in total. The average Bonchev–Trinajstić information content (AvgIpc) is 3.54. The van der Waals surface area contributed by atoms with Crippen molar-refractivity contribution >= 4 is 23.1 Å². The summed E-state index contributed by atoms with van der Waals surface area (Å²) < 4.78 is 3.73. The van der Waals surface area contributed by atoms with E-state index < -0.39 is 17.7 Å². The maximum absolute atomic E-state index is 13.3. The minimum atomic E-state index is -0.852. The number of aliphatic hydroxyl groups is 1. The number of Topliss-reactive ketones (excluding diaryl/α,β-unsaturated/α-hetero) is 1. The fraction of sp³-hybridized carbons (Fsp3) is 0.231. The van der Waals surface area contributed by atoms with Gasteiger partial charge in [-0.05, 0) is 49.6 Å². The van der Waals surface area contributed by atoms with Gasteiger partial charge in [0.05, 0.1) is 23.6 Å². The van der Waals surface area contributed by atoms with Crippen molar-refractivity contribution in [3.8, 4) is 5.75 Å². The van der Waals surface area contributed by atoms with Crippen LogP contribution in [0.2, 0.25) is 0 Å². The van der Waals surface area contributed by atoms with E-state index in [4.69, 9.17) is 0 Å². The van der Waals surface area contributed by atoms with Gasteiger partial charge >= 0.3 is 0 Å². The van der Waals surface area contributed by atoms with Gasteiger partial charge in [-0.3, -0.25) is 9.59 Å². The number of carbonyl (C=O) groups is 2. The van der Waals surface area contributed by atoms with Crippen LogP contribution in [-0.4, -0.2) is 52.3 Å². The zero-order chi connectivity index (χ0) is 24.7. The topological polar surface area (TPSA) is 113 Å². The second kappa shape index (κ2) is 8.75. The minimum Gasteiger partial charge on any atom is -0.508 e. The van der Waals surface area contributed by atoms with E-state index >= 15 is 0 Å². The summed E-state index contributed by atoms with van der Waals surface area (Å²) in [5, 5.41) is 21.5. The molecule has 0 saturated carbocycles. The number of likely N-dealkylation sites (tertiary alicyclic amines) is 1. The van der Waals surface area contributed by atoms with E-state index in [1.165, 1.54) is 17.0 Å². The lowest BCUT2D eigenvalue weighted by molar-refractivity contribution is -0.139. The zero-order valence-corrected chi connectivity index (χ0v) is 19.4. The van der Waals surface area contributed by atoms with Crippen molar-refractivity contribution in [3.05, 3.63) is 89.4 Å². The van der Waals surface area contributed by atoms with Crippen molar-refractivity contribution in [1.82, 2.24) is 23.8 Å². The number of aliphatic hydroxyl groups excluding tert-OH is 1. The van der Waals surface area contributed by atoms with Crippen LogP contribution >= 0.6 is 0 Å². The van der Waals surface area contributed by atoms with Crippen molar-refractivity contribution in [2.45, 2.75) is 32.9 Å². The highest BCUT2D eigenvalue weighted by atomic mass is 16.3. The first-order valence-corrected chi connectivity index (χ1v) is 11.3. The normalized spacial score (nSPS) is 17.5. The van der Waals surface area contributed by atoms with Gasteiger partial charge in [-0.2, -0.15) is 0 Å². The number of hydrogen-bond donors (Lipinski definition) is 2. The number of imidazole rings is 2. The molecule has 1 aliphatic heterocycles. The number of phenols is 1. The number of pyridine rings is 1. The average molecular weight is 472 g/mol. The number of aromatic hydroxyl groups is 1. The monoisotopic (exact) mass is 471 g/mol. The Morgan fingerprint density at radius 2 is 1.91 bits per heavy atom. The van der Waals surface area contributed by atoms with E-state index in [0.717, 1.165) is 5.56 Å². The van der Waals surface area contributed by atoms with Crippen molar-refractivity contribution in [2.24, 2.45) is 0 Å². The second-order valence-electron chi connectivity index (χ2n) is 8.67. The Bertz CT molecular complexity index is 1470. The second-order valence-corrected chi connectivity index (χ2v) is 8.67. The number of hydrogen-bond acceptors (Lipinski definition) is 6. The smallest absolute Gasteiger partial charge is 0.295 e. The zero-order valence-electron chi connectivity index (χ0n) is 19.4. The van der Waals surface area contributed by atoms with Gasteiger partial charge < -0.3 is 24.1 Å². The van der Waals surface area contributed by atoms with E-state index in [2.05, 4.69) is 9.97 Å². The number of nitrogens with zero attached hydrogens (tertiary/aromatic N) is 5. The van der Waals surface area contributed by atoms with Crippen LogP contribution in [0.4, 0.5) is 0 Å². The van der Waals surface area contributed by atoms with Gasteiger partial charge in [0, 0.05) is 31.7 Å². The largest absolute Gasteiger partial charge is 0.508 e. The first kappa shape index (κ1) is 22.4. The van der Waals surface area contributed by atoms with Crippen molar-refractivity contribution < 1.29 is 19.8 Å². The molecule has 0 spiro atoms. The van der Waals surface area contributed by atoms with Crippen molar-refractivity contribution in [2.75, 3.05) is 6.54 Å². The molecule has 4 heterocycles. The van der Waals surface area contributed by atoms with Crippen LogP contribution in [0.3, 0.4) is 0 Å². The number of rotatable bonds is 6. The highest BCUT2D eigenvalue weighted by Gasteiger charge is 2.46. The lowest BCUT2D eigenvalue weighted by Crippen LogP contribution is -2.31. The fourth-order valence-electron chi connectivity index (χ4n) is 4.67. The maximum atomic E-state index is 13.3. The third kappa shape index (κ3) is 3.84. The predicted octanol–water partition coefficient (Wildman–Crippen LogP) is 3.37. The third-order valence-electron chi connectivity index (χ3n) is 6.41. The summed E-state index contributed by atoms with van der Waals surface area (Å²) in [7, 11) is 0. The minimum absolute atomic E-state index is 0.00559. The molecule has 1 fully saturated rings. The number of fused-ring (bicyclic) bond motifs is 1. The van der Waals surface area contributed by atoms with Crippen LogP contribution in [0, 0.1) is 13.8 Å². The Balaban J connectivity index is 1.61. The molecule has 1 saturated heterocycles. The maximum Gasteiger partial charge on any atom is 0.295 e. The van der Waals surface area contributed by atoms with Crippen LogP contribution < -0.4 is 0 Å². The standard InChI is InChI=1S/C26H25N5O4/c1-16-6-4-11-30-17(2)21(28-25(16)30)23(33)20-22(18-7-3-8-19(32)14-18)31(26(35)24(20)34)12-5-10-29-13-9-27-15-29/h3-4,6-9,11,13-15,22,32-33H,5,10,12H2,1-2H3. The molecule has 3 aromatic heterocycles. The summed E-state index contributed by atoms with van der Waals surface area (Å²) in [6.45, 7) is 4.61. The van der Waals surface area contributed by atoms with Crippen LogP contribution in [0.1, 0.15) is 35.0 Å². The fourth-order valence-corrected chi connectivity index (χ4v) is 4.67. The van der Waals surface area contributed by atoms with E-state index in [-0.39, 0.29) is 29.3 Å². The predicted molar refractivity (Wildman–Crippen MR) is 129 cm³/mol. The Labute approximate surface area is 201 Å². The molecule has 1 unspecified atom stereocenters. The van der Waals surface area contributed by atoms with E-state index in [1.54, 1.807) is 31.6 Å². The number of ketones is 1. The number of amides is 1. The summed E-state index contributed by atoms with van der Waals surface area (Å²) in [5.41, 5.74) is 2.98. The molecule has 4 aromatic rings. The summed E-state index contributed by atoms with van der Waals surface area (Å²) in [6.07, 6.45) is 7.61. The number of benzene rings is 1. The molecule has 9 nitrogen and oxygen atoms in total. The Hall–Kier alpha value is -4.40. The van der Waals surface area contributed by atoms with Crippen LogP contribution in [0.15, 0.2) is 66.9 Å². The molecular formula is C26H25N5O4. The molecule has 0 aliphatic carbocycles. The van der Waals surface area contributed by atoms with Crippen LogP contribution in [-0.2, 0) is 16.1 Å². The highest BCUT2D eigenvalue weighted by Crippen LogP contribution is 2.40. The first-order valence-electron chi connectivity index (χ1n) is 11.3. The SMILES string of the molecule is Cc1cccn2c(C)c(C(O)=C3C(=O)C(=O)N(CCCn4ccnc4)C3c3cccc(O)c3)nc12. The van der Waals surface area contributed by atoms with Gasteiger partial charge in [0.15, 0.2) is 5.76 Å². The third-order valence-corrected chi connectivity index (χ3v) is 6.41. The summed E-state index contributed by atoms with van der Waals surface area (Å²) in [6, 6.07) is 9.35. The number of aryl methyl sites for hydroxylation is 3. The van der Waals surface area contributed by atoms with Crippen LogP contribution in [0.25, 0.3) is 11.4 Å². The Morgan fingerprint density at radius 3 is 2.63 bits per heavy atom. The van der Waals surface area contributed by atoms with Gasteiger partial charge in [-0.15, -0.1) is 0 Å². The molecule has 1 amide bonds. The van der Waals surface area contributed by atoms with Gasteiger partial charge in [0.25, 0.3) is 11.7 Å². The quantitative estimate of drug-likeness (QED) is 0.253. The van der Waals surface area contributed by atoms with Gasteiger partial charge in [-0.25, -0.2) is 9.97 Å². The molecule has 1 atom stereocenters. The lowest BCUT2D eigenvalue weighted by Gasteiger charge is -2.25. The first-order chi connectivity index (χ1) is 16.9. The molecule has 1 aromatic carbocycles. The van der Waals surface area contributed by atoms with Gasteiger partial charge in [-0.1, -0.05) is 18.2 Å². The molecule has 5 rings (SSSR count). The Kier molecular flexibility index (Phi) is 5.60. The van der Waals surface area contributed by atoms with Crippen molar-refractivity contribution in [1.29, 1.82) is 0 Å².